The van der Waals surface area contributed by atoms with E-state index < -0.39 is 11.4 Å². The molecule has 4 nitrogen and oxygen atoms in total. The second kappa shape index (κ2) is 5.84. The maximum atomic E-state index is 12.0. The Hall–Kier alpha value is -0.870. The number of fused-ring (bicyclic) bond motifs is 1. The monoisotopic (exact) mass is 336 g/mol. The van der Waals surface area contributed by atoms with Gasteiger partial charge in [0.05, 0.1) is 17.6 Å². The molecule has 2 aliphatic carbocycles. The third-order valence-corrected chi connectivity index (χ3v) is 7.64. The standard InChI is InChI=1S/C20H32O4/c1-13-7-8-15-14(6-5-9-19(15,3)17(22)23)18(13,2)10-11-20(4)16(12-21)24-20/h6,13,15-16,21H,5,7-12H2,1-4H3,(H,22,23). The quantitative estimate of drug-likeness (QED) is 0.592. The minimum absolute atomic E-state index is 0.0274. The summed E-state index contributed by atoms with van der Waals surface area (Å²) in [5.74, 6) is 0.0606. The molecular formula is C20H32O4. The topological polar surface area (TPSA) is 70.1 Å². The number of carbonyl (C=O) groups is 1. The van der Waals surface area contributed by atoms with E-state index in [0.29, 0.717) is 5.92 Å². The number of rotatable bonds is 5. The maximum Gasteiger partial charge on any atom is 0.309 e. The first-order valence-corrected chi connectivity index (χ1v) is 9.40. The van der Waals surface area contributed by atoms with E-state index >= 15 is 0 Å². The van der Waals surface area contributed by atoms with Crippen molar-refractivity contribution in [1.29, 1.82) is 0 Å². The van der Waals surface area contributed by atoms with Gasteiger partial charge in [-0.05, 0) is 69.6 Å². The molecule has 0 bridgehead atoms. The van der Waals surface area contributed by atoms with E-state index in [-0.39, 0.29) is 29.6 Å². The van der Waals surface area contributed by atoms with Gasteiger partial charge in [-0.3, -0.25) is 4.79 Å². The number of carboxylic acids is 1. The Bertz CT molecular complexity index is 556. The lowest BCUT2D eigenvalue weighted by Crippen LogP contribution is -2.47. The first kappa shape index (κ1) is 17.9. The highest BCUT2D eigenvalue weighted by Crippen LogP contribution is 2.59. The fourth-order valence-electron chi connectivity index (χ4n) is 5.21. The molecule has 0 aromatic rings. The Kier molecular flexibility index (Phi) is 4.37. The third-order valence-electron chi connectivity index (χ3n) is 7.64. The van der Waals surface area contributed by atoms with E-state index in [1.54, 1.807) is 0 Å². The highest BCUT2D eigenvalue weighted by atomic mass is 16.6. The van der Waals surface area contributed by atoms with Crippen molar-refractivity contribution in [2.75, 3.05) is 6.61 Å². The third kappa shape index (κ3) is 2.62. The molecule has 2 fully saturated rings. The maximum absolute atomic E-state index is 12.0. The zero-order valence-electron chi connectivity index (χ0n) is 15.5. The lowest BCUT2D eigenvalue weighted by Gasteiger charge is -2.52. The highest BCUT2D eigenvalue weighted by Gasteiger charge is 2.56. The van der Waals surface area contributed by atoms with Crippen molar-refractivity contribution in [3.05, 3.63) is 11.6 Å². The molecule has 0 amide bonds. The summed E-state index contributed by atoms with van der Waals surface area (Å²) in [5, 5.41) is 19.1. The van der Waals surface area contributed by atoms with Crippen LogP contribution in [0.15, 0.2) is 11.6 Å². The van der Waals surface area contributed by atoms with Crippen LogP contribution in [0.1, 0.15) is 66.2 Å². The summed E-state index contributed by atoms with van der Waals surface area (Å²) in [6, 6.07) is 0. The van der Waals surface area contributed by atoms with Gasteiger partial charge in [-0.2, -0.15) is 0 Å². The molecule has 4 heteroatoms. The smallest absolute Gasteiger partial charge is 0.309 e. The first-order chi connectivity index (χ1) is 11.2. The Morgan fingerprint density at radius 2 is 2.00 bits per heavy atom. The van der Waals surface area contributed by atoms with Crippen LogP contribution in [0, 0.1) is 22.7 Å². The Morgan fingerprint density at radius 3 is 2.58 bits per heavy atom. The SMILES string of the molecule is CC1CCC2C(=CCCC2(C)C(=O)O)C1(C)CCC1(C)OC1CO. The Morgan fingerprint density at radius 1 is 1.29 bits per heavy atom. The Labute approximate surface area is 145 Å². The fraction of sp³-hybridized carbons (Fsp3) is 0.850. The summed E-state index contributed by atoms with van der Waals surface area (Å²) < 4.78 is 5.68. The second-order valence-corrected chi connectivity index (χ2v) is 8.97. The summed E-state index contributed by atoms with van der Waals surface area (Å²) in [4.78, 5) is 12.0. The first-order valence-electron chi connectivity index (χ1n) is 9.40. The summed E-state index contributed by atoms with van der Waals surface area (Å²) in [6.07, 6.45) is 7.91. The minimum Gasteiger partial charge on any atom is -0.481 e. The van der Waals surface area contributed by atoms with Gasteiger partial charge in [0.1, 0.15) is 6.10 Å². The van der Waals surface area contributed by atoms with Crippen molar-refractivity contribution in [1.82, 2.24) is 0 Å². The Balaban J connectivity index is 1.83. The molecule has 3 rings (SSSR count). The zero-order valence-corrected chi connectivity index (χ0v) is 15.5. The van der Waals surface area contributed by atoms with Crippen LogP contribution in [0.5, 0.6) is 0 Å². The van der Waals surface area contributed by atoms with Crippen molar-refractivity contribution < 1.29 is 19.7 Å². The van der Waals surface area contributed by atoms with Gasteiger partial charge in [0, 0.05) is 0 Å². The van der Waals surface area contributed by atoms with Crippen molar-refractivity contribution >= 4 is 5.97 Å². The summed E-state index contributed by atoms with van der Waals surface area (Å²) >= 11 is 0. The summed E-state index contributed by atoms with van der Waals surface area (Å²) in [5.41, 5.74) is 0.589. The van der Waals surface area contributed by atoms with Gasteiger partial charge in [0.2, 0.25) is 0 Å². The number of hydrogen-bond acceptors (Lipinski definition) is 3. The van der Waals surface area contributed by atoms with E-state index in [9.17, 15) is 15.0 Å². The van der Waals surface area contributed by atoms with Crippen LogP contribution in [0.4, 0.5) is 0 Å². The predicted octanol–water partition coefficient (Wildman–Crippen LogP) is 3.78. The van der Waals surface area contributed by atoms with E-state index in [0.717, 1.165) is 38.5 Å². The molecule has 0 aromatic carbocycles. The van der Waals surface area contributed by atoms with Gasteiger partial charge in [0.15, 0.2) is 0 Å². The number of aliphatic hydroxyl groups is 1. The number of carboxylic acid groups (broad SMARTS) is 1. The molecular weight excluding hydrogens is 304 g/mol. The molecule has 6 atom stereocenters. The molecule has 136 valence electrons. The largest absolute Gasteiger partial charge is 0.481 e. The predicted molar refractivity (Wildman–Crippen MR) is 92.7 cm³/mol. The average molecular weight is 336 g/mol. The van der Waals surface area contributed by atoms with Crippen LogP contribution in [-0.4, -0.2) is 34.5 Å². The molecule has 6 unspecified atom stereocenters. The second-order valence-electron chi connectivity index (χ2n) is 8.97. The zero-order chi connectivity index (χ0) is 17.8. The van der Waals surface area contributed by atoms with Crippen LogP contribution < -0.4 is 0 Å². The normalized spacial score (nSPS) is 47.7. The highest BCUT2D eigenvalue weighted by molar-refractivity contribution is 5.75. The van der Waals surface area contributed by atoms with Crippen LogP contribution >= 0.6 is 0 Å². The molecule has 0 spiro atoms. The molecule has 0 radical (unpaired) electrons. The van der Waals surface area contributed by atoms with Gasteiger partial charge >= 0.3 is 5.97 Å². The molecule has 2 N–H and O–H groups in total. The van der Waals surface area contributed by atoms with Gasteiger partial charge in [-0.1, -0.05) is 25.5 Å². The van der Waals surface area contributed by atoms with Gasteiger partial charge in [-0.15, -0.1) is 0 Å². The fourth-order valence-corrected chi connectivity index (χ4v) is 5.21. The number of epoxide rings is 1. The summed E-state index contributed by atoms with van der Waals surface area (Å²) in [7, 11) is 0. The van der Waals surface area contributed by atoms with Crippen LogP contribution in [0.2, 0.25) is 0 Å². The van der Waals surface area contributed by atoms with Crippen molar-refractivity contribution in [3.63, 3.8) is 0 Å². The summed E-state index contributed by atoms with van der Waals surface area (Å²) in [6.45, 7) is 8.74. The van der Waals surface area contributed by atoms with Crippen LogP contribution in [0.25, 0.3) is 0 Å². The molecule has 24 heavy (non-hydrogen) atoms. The molecule has 1 aliphatic heterocycles. The minimum atomic E-state index is -0.646. The average Bonchev–Trinajstić information content (AvgIpc) is 3.21. The van der Waals surface area contributed by atoms with Crippen molar-refractivity contribution in [2.24, 2.45) is 22.7 Å². The molecule has 0 aromatic heterocycles. The lowest BCUT2D eigenvalue weighted by molar-refractivity contribution is -0.152. The molecule has 3 aliphatic rings. The van der Waals surface area contributed by atoms with E-state index in [1.807, 2.05) is 6.92 Å². The van der Waals surface area contributed by atoms with E-state index in [1.165, 1.54) is 5.57 Å². The van der Waals surface area contributed by atoms with Gasteiger partial charge in [0.25, 0.3) is 0 Å². The number of aliphatic carboxylic acids is 1. The number of allylic oxidation sites excluding steroid dienone is 2. The van der Waals surface area contributed by atoms with Gasteiger partial charge in [-0.25, -0.2) is 0 Å². The van der Waals surface area contributed by atoms with Crippen LogP contribution in [-0.2, 0) is 9.53 Å². The van der Waals surface area contributed by atoms with Gasteiger partial charge < -0.3 is 14.9 Å². The number of hydrogen-bond donors (Lipinski definition) is 2. The van der Waals surface area contributed by atoms with E-state index in [4.69, 9.17) is 4.74 Å². The van der Waals surface area contributed by atoms with Crippen molar-refractivity contribution in [2.45, 2.75) is 77.9 Å². The molecule has 1 saturated heterocycles. The number of ether oxygens (including phenoxy) is 1. The molecule has 1 heterocycles. The van der Waals surface area contributed by atoms with Crippen LogP contribution in [0.3, 0.4) is 0 Å². The molecule has 1 saturated carbocycles. The lowest BCUT2D eigenvalue weighted by atomic mass is 9.51. The number of aliphatic hydroxyl groups excluding tert-OH is 1. The van der Waals surface area contributed by atoms with Crippen molar-refractivity contribution in [3.8, 4) is 0 Å². The van der Waals surface area contributed by atoms with E-state index in [2.05, 4.69) is 26.8 Å².